The summed E-state index contributed by atoms with van der Waals surface area (Å²) in [6.45, 7) is 0. The third-order valence-electron chi connectivity index (χ3n) is 2.24. The first-order valence-electron chi connectivity index (χ1n) is 8.19. The zero-order valence-electron chi connectivity index (χ0n) is 15.7. The number of hydrogen-bond donors (Lipinski definition) is 6. The summed E-state index contributed by atoms with van der Waals surface area (Å²) in [5.41, 5.74) is 0. The lowest BCUT2D eigenvalue weighted by Gasteiger charge is -1.49. The zero-order valence-corrected chi connectivity index (χ0v) is 15.7. The molecule has 6 aromatic rings. The van der Waals surface area contributed by atoms with Gasteiger partial charge < -0.3 is 9.97 Å². The Kier molecular flexibility index (Phi) is 15.7. The largest absolute Gasteiger partial charge is 0.368 e. The fourth-order valence-corrected chi connectivity index (χ4v) is 1.17. The lowest BCUT2D eigenvalue weighted by molar-refractivity contribution is 0.881. The monoisotopic (exact) mass is 411 g/mol. The van der Waals surface area contributed by atoms with Gasteiger partial charge in [-0.15, -0.1) is 10.2 Å². The van der Waals surface area contributed by atoms with Crippen molar-refractivity contribution in [1.29, 1.82) is 0 Å². The molecule has 0 atom stereocenters. The summed E-state index contributed by atoms with van der Waals surface area (Å²) in [6, 6.07) is 5.72. The lowest BCUT2D eigenvalue weighted by atomic mass is 10.7. The van der Waals surface area contributed by atoms with Crippen molar-refractivity contribution >= 4 is 0 Å². The molecule has 0 radical (unpaired) electrons. The number of aromatic amines is 6. The van der Waals surface area contributed by atoms with Crippen LogP contribution in [0, 0.1) is 0 Å². The van der Waals surface area contributed by atoms with Gasteiger partial charge in [-0.05, 0) is 18.2 Å². The first-order chi connectivity index (χ1) is 15.0. The Bertz CT molecular complexity index is 573. The average molecular weight is 411 g/mol. The first kappa shape index (κ1) is 23.1. The van der Waals surface area contributed by atoms with E-state index < -0.39 is 0 Å². The van der Waals surface area contributed by atoms with Crippen molar-refractivity contribution in [2.45, 2.75) is 0 Å². The second-order valence-corrected chi connectivity index (χ2v) is 4.28. The molecular formula is C15H21N15. The minimum absolute atomic E-state index is 1.33. The van der Waals surface area contributed by atoms with Crippen molar-refractivity contribution in [2.75, 3.05) is 0 Å². The average Bonchev–Trinajstić information content (AvgIpc) is 3.69. The van der Waals surface area contributed by atoms with Crippen molar-refractivity contribution in [3.8, 4) is 0 Å². The number of tetrazole rings is 1. The molecule has 0 saturated carbocycles. The van der Waals surface area contributed by atoms with Gasteiger partial charge in [0.25, 0.3) is 0 Å². The minimum atomic E-state index is 1.33. The number of nitrogens with zero attached hydrogens (tertiary/aromatic N) is 9. The van der Waals surface area contributed by atoms with E-state index in [9.17, 15) is 0 Å². The Hall–Kier alpha value is -4.95. The number of aromatic nitrogens is 15. The molecule has 6 N–H and O–H groups in total. The van der Waals surface area contributed by atoms with Crippen LogP contribution in [-0.2, 0) is 0 Å². The van der Waals surface area contributed by atoms with Gasteiger partial charge in [0.1, 0.15) is 12.7 Å². The fourth-order valence-electron chi connectivity index (χ4n) is 1.17. The number of nitrogens with one attached hydrogen (secondary N) is 6. The van der Waals surface area contributed by atoms with E-state index in [1.165, 1.54) is 19.0 Å². The van der Waals surface area contributed by atoms with Crippen LogP contribution in [0.1, 0.15) is 0 Å². The molecule has 0 spiro atoms. The SMILES string of the molecule is c1c[nH]cn1.c1cc[nH]c1.c1cn[nH]c1.c1cn[nH]n1.c1nc[nH]n1.c1nn[nH]n1. The molecule has 0 aliphatic carbocycles. The number of hydrogen-bond acceptors (Lipinski definition) is 9. The summed E-state index contributed by atoms with van der Waals surface area (Å²) in [5, 5.41) is 33.7. The minimum Gasteiger partial charge on any atom is -0.368 e. The van der Waals surface area contributed by atoms with Crippen LogP contribution in [0.25, 0.3) is 0 Å². The van der Waals surface area contributed by atoms with E-state index in [0.29, 0.717) is 0 Å². The van der Waals surface area contributed by atoms with Crippen LogP contribution in [0.4, 0.5) is 0 Å². The summed E-state index contributed by atoms with van der Waals surface area (Å²) in [5.74, 6) is 0. The highest BCUT2D eigenvalue weighted by Crippen LogP contribution is 1.72. The normalized spacial score (nSPS) is 8.00. The maximum atomic E-state index is 3.67. The Balaban J connectivity index is 0.000000180. The molecule has 6 heterocycles. The van der Waals surface area contributed by atoms with Gasteiger partial charge in [0, 0.05) is 37.2 Å². The molecule has 0 aliphatic rings. The van der Waals surface area contributed by atoms with E-state index >= 15 is 0 Å². The molecule has 0 bridgehead atoms. The number of H-pyrrole nitrogens is 6. The summed E-state index contributed by atoms with van der Waals surface area (Å²) >= 11 is 0. The number of imidazole rings is 1. The van der Waals surface area contributed by atoms with Gasteiger partial charge in [0.2, 0.25) is 0 Å². The van der Waals surface area contributed by atoms with Gasteiger partial charge >= 0.3 is 0 Å². The molecular weight excluding hydrogens is 390 g/mol. The molecule has 6 rings (SSSR count). The van der Waals surface area contributed by atoms with Crippen LogP contribution in [0.5, 0.6) is 0 Å². The van der Waals surface area contributed by atoms with Crippen molar-refractivity contribution in [1.82, 2.24) is 76.4 Å². The highest BCUT2D eigenvalue weighted by atomic mass is 15.5. The molecule has 15 nitrogen and oxygen atoms in total. The van der Waals surface area contributed by atoms with Gasteiger partial charge in [-0.2, -0.15) is 30.8 Å². The van der Waals surface area contributed by atoms with Crippen LogP contribution in [-0.4, -0.2) is 76.4 Å². The topological polar surface area (TPSA) is 211 Å². The quantitative estimate of drug-likeness (QED) is 0.207. The Morgan fingerprint density at radius 2 is 1.37 bits per heavy atom. The first-order valence-corrected chi connectivity index (χ1v) is 8.19. The molecule has 0 aromatic carbocycles. The van der Waals surface area contributed by atoms with Crippen LogP contribution in [0.3, 0.4) is 0 Å². The van der Waals surface area contributed by atoms with Crippen LogP contribution in [0.15, 0.2) is 93.1 Å². The fraction of sp³-hybridized carbons (Fsp3) is 0. The van der Waals surface area contributed by atoms with Gasteiger partial charge in [-0.3, -0.25) is 10.2 Å². The second-order valence-electron chi connectivity index (χ2n) is 4.28. The third-order valence-corrected chi connectivity index (χ3v) is 2.24. The molecule has 156 valence electrons. The number of rotatable bonds is 0. The molecule has 0 saturated heterocycles. The van der Waals surface area contributed by atoms with E-state index in [1.54, 1.807) is 43.5 Å². The summed E-state index contributed by atoms with van der Waals surface area (Å²) < 4.78 is 0. The van der Waals surface area contributed by atoms with Gasteiger partial charge in [0.15, 0.2) is 6.33 Å². The van der Waals surface area contributed by atoms with Crippen molar-refractivity contribution in [2.24, 2.45) is 0 Å². The van der Waals surface area contributed by atoms with Crippen molar-refractivity contribution in [3.63, 3.8) is 0 Å². The molecule has 6 aromatic heterocycles. The van der Waals surface area contributed by atoms with Gasteiger partial charge in [0.05, 0.1) is 18.7 Å². The Labute approximate surface area is 170 Å². The Morgan fingerprint density at radius 1 is 0.500 bits per heavy atom. The van der Waals surface area contributed by atoms with Crippen molar-refractivity contribution in [3.05, 3.63) is 93.1 Å². The van der Waals surface area contributed by atoms with Gasteiger partial charge in [-0.1, -0.05) is 5.21 Å². The maximum Gasteiger partial charge on any atom is 0.161 e. The summed E-state index contributed by atoms with van der Waals surface area (Å²) in [7, 11) is 0. The van der Waals surface area contributed by atoms with Crippen LogP contribution >= 0.6 is 0 Å². The van der Waals surface area contributed by atoms with E-state index in [0.717, 1.165) is 0 Å². The smallest absolute Gasteiger partial charge is 0.161 e. The lowest BCUT2D eigenvalue weighted by Crippen LogP contribution is -1.64. The zero-order chi connectivity index (χ0) is 21.2. The Morgan fingerprint density at radius 3 is 1.57 bits per heavy atom. The molecule has 30 heavy (non-hydrogen) atoms. The molecule has 0 amide bonds. The second kappa shape index (κ2) is 20.4. The molecule has 0 aliphatic heterocycles. The highest BCUT2D eigenvalue weighted by molar-refractivity contribution is 4.84. The summed E-state index contributed by atoms with van der Waals surface area (Å²) in [6.07, 6.45) is 19.8. The predicted molar refractivity (Wildman–Crippen MR) is 105 cm³/mol. The standard InChI is InChI=1S/C4H5N.2C3H4N2.2C2H3N3.CH2N4/c1-2-4-5-3-1;1-2-5-3-4-1;1-2-4-5-3-1;1-3-2-5-4-1;2*1-2-4-5-3-1/h1-5H;2*1-3H,(H,4,5);2*1-2H,(H,3,4,5);1H,(H,2,3,4,5). The summed E-state index contributed by atoms with van der Waals surface area (Å²) in [4.78, 5) is 12.8. The van der Waals surface area contributed by atoms with Crippen LogP contribution < -0.4 is 0 Å². The predicted octanol–water partition coefficient (Wildman–Crippen LogP) is 0.643. The van der Waals surface area contributed by atoms with E-state index in [2.05, 4.69) is 76.4 Å². The highest BCUT2D eigenvalue weighted by Gasteiger charge is 1.59. The molecule has 15 heteroatoms. The van der Waals surface area contributed by atoms with E-state index in [1.807, 2.05) is 30.6 Å². The molecule has 0 unspecified atom stereocenters. The van der Waals surface area contributed by atoms with Gasteiger partial charge in [-0.25, -0.2) is 9.97 Å². The van der Waals surface area contributed by atoms with Crippen molar-refractivity contribution < 1.29 is 0 Å². The molecule has 0 fully saturated rings. The third kappa shape index (κ3) is 17.9. The van der Waals surface area contributed by atoms with E-state index in [4.69, 9.17) is 0 Å². The maximum absolute atomic E-state index is 3.67. The van der Waals surface area contributed by atoms with E-state index in [-0.39, 0.29) is 0 Å². The van der Waals surface area contributed by atoms with Crippen LogP contribution in [0.2, 0.25) is 0 Å².